The Kier molecular flexibility index (Phi) is 8.19. The highest BCUT2D eigenvalue weighted by Crippen LogP contribution is 2.35. The molecule has 1 atom stereocenters. The van der Waals surface area contributed by atoms with Gasteiger partial charge in [-0.3, -0.25) is 9.36 Å². The summed E-state index contributed by atoms with van der Waals surface area (Å²) in [6.45, 7) is 6.24. The van der Waals surface area contributed by atoms with Crippen molar-refractivity contribution in [2.75, 3.05) is 13.7 Å². The van der Waals surface area contributed by atoms with E-state index in [4.69, 9.17) is 14.5 Å². The molecule has 5 rings (SSSR count). The molecule has 2 heterocycles. The molecular formula is C32H29BrN2O4S. The molecular weight excluding hydrogens is 588 g/mol. The number of fused-ring (bicyclic) bond motifs is 1. The molecule has 0 radical (unpaired) electrons. The summed E-state index contributed by atoms with van der Waals surface area (Å²) in [5, 5.41) is 0. The number of nitrogens with zero attached hydrogens (tertiary/aromatic N) is 2. The first kappa shape index (κ1) is 27.8. The minimum atomic E-state index is -0.706. The highest BCUT2D eigenvalue weighted by Gasteiger charge is 2.35. The van der Waals surface area contributed by atoms with E-state index in [0.29, 0.717) is 32.3 Å². The van der Waals surface area contributed by atoms with Crippen LogP contribution in [0.2, 0.25) is 0 Å². The Bertz CT molecular complexity index is 1770. The predicted octanol–water partition coefficient (Wildman–Crippen LogP) is 5.83. The highest BCUT2D eigenvalue weighted by molar-refractivity contribution is 9.10. The van der Waals surface area contributed by atoms with Gasteiger partial charge in [0.15, 0.2) is 4.80 Å². The van der Waals surface area contributed by atoms with Crippen molar-refractivity contribution in [1.29, 1.82) is 0 Å². The smallest absolute Gasteiger partial charge is 0.338 e. The molecule has 0 N–H and O–H groups in total. The molecule has 1 aliphatic heterocycles. The van der Waals surface area contributed by atoms with Crippen LogP contribution in [0.15, 0.2) is 92.6 Å². The van der Waals surface area contributed by atoms with Gasteiger partial charge in [-0.2, -0.15) is 0 Å². The summed E-state index contributed by atoms with van der Waals surface area (Å²) >= 11 is 4.87. The van der Waals surface area contributed by atoms with Crippen LogP contribution in [0, 0.1) is 0 Å². The van der Waals surface area contributed by atoms with Gasteiger partial charge in [0.05, 0.1) is 35.6 Å². The van der Waals surface area contributed by atoms with Gasteiger partial charge in [-0.15, -0.1) is 0 Å². The molecule has 0 amide bonds. The van der Waals surface area contributed by atoms with Gasteiger partial charge >= 0.3 is 5.97 Å². The number of halogens is 1. The molecule has 1 aromatic heterocycles. The molecule has 0 unspecified atom stereocenters. The second kappa shape index (κ2) is 11.8. The summed E-state index contributed by atoms with van der Waals surface area (Å²) in [7, 11) is 1.60. The number of carbonyl (C=O) groups excluding carboxylic acids is 1. The lowest BCUT2D eigenvalue weighted by Gasteiger charge is -2.26. The summed E-state index contributed by atoms with van der Waals surface area (Å²) in [6, 6.07) is 22.5. The van der Waals surface area contributed by atoms with Crippen molar-refractivity contribution in [3.8, 4) is 5.75 Å². The van der Waals surface area contributed by atoms with E-state index >= 15 is 0 Å². The lowest BCUT2D eigenvalue weighted by atomic mass is 9.91. The quantitative estimate of drug-likeness (QED) is 0.245. The van der Waals surface area contributed by atoms with Crippen LogP contribution in [0.5, 0.6) is 5.75 Å². The van der Waals surface area contributed by atoms with Crippen LogP contribution in [0.4, 0.5) is 0 Å². The molecule has 0 spiro atoms. The van der Waals surface area contributed by atoms with Crippen LogP contribution >= 0.6 is 27.3 Å². The third-order valence-electron chi connectivity index (χ3n) is 6.78. The van der Waals surface area contributed by atoms with Crippen molar-refractivity contribution in [2.24, 2.45) is 4.99 Å². The number of hydrogen-bond acceptors (Lipinski definition) is 6. The van der Waals surface area contributed by atoms with Gasteiger partial charge in [0.1, 0.15) is 5.75 Å². The molecule has 3 aromatic carbocycles. The molecule has 1 aliphatic rings. The number of benzene rings is 3. The Balaban J connectivity index is 1.82. The average Bonchev–Trinajstić information content (AvgIpc) is 3.28. The van der Waals surface area contributed by atoms with Crippen LogP contribution in [-0.4, -0.2) is 24.3 Å². The maximum atomic E-state index is 14.1. The zero-order chi connectivity index (χ0) is 28.4. The SMILES string of the molecule is CCOC(=O)C1=C(c2ccccc2)N=c2s/c(=C\c3cc(OC)ccc3Br)c(=O)n2[C@H]1c1ccc(C(C)C)cc1. The van der Waals surface area contributed by atoms with E-state index in [0.717, 1.165) is 21.2 Å². The van der Waals surface area contributed by atoms with Crippen LogP contribution in [-0.2, 0) is 9.53 Å². The van der Waals surface area contributed by atoms with Gasteiger partial charge < -0.3 is 9.47 Å². The van der Waals surface area contributed by atoms with E-state index < -0.39 is 12.0 Å². The monoisotopic (exact) mass is 616 g/mol. The fourth-order valence-corrected chi connectivity index (χ4v) is 6.07. The van der Waals surface area contributed by atoms with Crippen molar-refractivity contribution in [1.82, 2.24) is 4.57 Å². The summed E-state index contributed by atoms with van der Waals surface area (Å²) in [4.78, 5) is 33.1. The van der Waals surface area contributed by atoms with Crippen LogP contribution in [0.3, 0.4) is 0 Å². The average molecular weight is 618 g/mol. The molecule has 6 nitrogen and oxygen atoms in total. The number of thiazole rings is 1. The number of methoxy groups -OCH3 is 1. The summed E-state index contributed by atoms with van der Waals surface area (Å²) in [5.41, 5.74) is 4.18. The largest absolute Gasteiger partial charge is 0.497 e. The van der Waals surface area contributed by atoms with Crippen molar-refractivity contribution < 1.29 is 14.3 Å². The Morgan fingerprint density at radius 3 is 2.48 bits per heavy atom. The molecule has 0 saturated carbocycles. The van der Waals surface area contributed by atoms with Crippen molar-refractivity contribution in [3.05, 3.63) is 125 Å². The van der Waals surface area contributed by atoms with Gasteiger partial charge in [-0.1, -0.05) is 95.7 Å². The predicted molar refractivity (Wildman–Crippen MR) is 162 cm³/mol. The van der Waals surface area contributed by atoms with Crippen LogP contribution < -0.4 is 19.6 Å². The van der Waals surface area contributed by atoms with Gasteiger partial charge in [-0.25, -0.2) is 9.79 Å². The number of ether oxygens (including phenoxy) is 2. The van der Waals surface area contributed by atoms with Crippen molar-refractivity contribution in [3.63, 3.8) is 0 Å². The Morgan fingerprint density at radius 1 is 1.10 bits per heavy atom. The molecule has 4 aromatic rings. The number of hydrogen-bond donors (Lipinski definition) is 0. The first-order valence-corrected chi connectivity index (χ1v) is 14.6. The number of aromatic nitrogens is 1. The van der Waals surface area contributed by atoms with E-state index in [1.165, 1.54) is 16.9 Å². The van der Waals surface area contributed by atoms with Crippen LogP contribution in [0.1, 0.15) is 55.0 Å². The Hall–Kier alpha value is -3.75. The second-order valence-corrected chi connectivity index (χ2v) is 11.5. The minimum Gasteiger partial charge on any atom is -0.497 e. The Morgan fingerprint density at radius 2 is 1.82 bits per heavy atom. The number of carbonyl (C=O) groups is 1. The van der Waals surface area contributed by atoms with E-state index in [1.807, 2.05) is 78.9 Å². The van der Waals surface area contributed by atoms with Crippen molar-refractivity contribution >= 4 is 45.0 Å². The maximum Gasteiger partial charge on any atom is 0.338 e. The standard InChI is InChI=1S/C32H29BrN2O4S/c1-5-39-31(37)27-28(21-9-7-6-8-10-21)34-32-35(29(27)22-13-11-20(12-14-22)19(2)3)30(36)26(40-32)18-23-17-24(38-4)15-16-25(23)33/h6-19,29H,5H2,1-4H3/b26-18-/t29-/m0/s1. The number of esters is 1. The molecule has 40 heavy (non-hydrogen) atoms. The van der Waals surface area contributed by atoms with E-state index in [2.05, 4.69) is 29.8 Å². The topological polar surface area (TPSA) is 69.9 Å². The molecule has 8 heteroatoms. The van der Waals surface area contributed by atoms with Gasteiger partial charge in [0, 0.05) is 10.0 Å². The lowest BCUT2D eigenvalue weighted by molar-refractivity contribution is -0.138. The second-order valence-electron chi connectivity index (χ2n) is 9.64. The number of rotatable bonds is 7. The normalized spacial score (nSPS) is 15.2. The first-order valence-electron chi connectivity index (χ1n) is 13.0. The molecule has 0 aliphatic carbocycles. The summed E-state index contributed by atoms with van der Waals surface area (Å²) < 4.78 is 13.9. The highest BCUT2D eigenvalue weighted by atomic mass is 79.9. The first-order chi connectivity index (χ1) is 19.3. The van der Waals surface area contributed by atoms with E-state index in [9.17, 15) is 9.59 Å². The molecule has 0 fully saturated rings. The minimum absolute atomic E-state index is 0.206. The zero-order valence-corrected chi connectivity index (χ0v) is 25.1. The van der Waals surface area contributed by atoms with Gasteiger partial charge in [-0.05, 0) is 53.8 Å². The third-order valence-corrected chi connectivity index (χ3v) is 8.49. The fourth-order valence-electron chi connectivity index (χ4n) is 4.72. The maximum absolute atomic E-state index is 14.1. The molecule has 204 valence electrons. The zero-order valence-electron chi connectivity index (χ0n) is 22.7. The Labute approximate surface area is 245 Å². The summed E-state index contributed by atoms with van der Waals surface area (Å²) in [6.07, 6.45) is 1.82. The lowest BCUT2D eigenvalue weighted by Crippen LogP contribution is -2.40. The van der Waals surface area contributed by atoms with Crippen LogP contribution in [0.25, 0.3) is 11.8 Å². The van der Waals surface area contributed by atoms with E-state index in [1.54, 1.807) is 18.6 Å². The summed E-state index contributed by atoms with van der Waals surface area (Å²) in [5.74, 6) is 0.534. The fraction of sp³-hybridized carbons (Fsp3) is 0.219. The van der Waals surface area contributed by atoms with Crippen molar-refractivity contribution in [2.45, 2.75) is 32.7 Å². The third kappa shape index (κ3) is 5.33. The van der Waals surface area contributed by atoms with Gasteiger partial charge in [0.25, 0.3) is 5.56 Å². The van der Waals surface area contributed by atoms with E-state index in [-0.39, 0.29) is 12.2 Å². The van der Waals surface area contributed by atoms with Gasteiger partial charge in [0.2, 0.25) is 0 Å². The molecule has 0 bridgehead atoms. The molecule has 0 saturated heterocycles.